The Morgan fingerprint density at radius 3 is 2.20 bits per heavy atom. The summed E-state index contributed by atoms with van der Waals surface area (Å²) in [5, 5.41) is 10.4. The van der Waals surface area contributed by atoms with E-state index in [2.05, 4.69) is 56.5 Å². The fraction of sp³-hybridized carbons (Fsp3) is 0.167. The van der Waals surface area contributed by atoms with Crippen LogP contribution in [0.15, 0.2) is 67.0 Å². The monoisotopic (exact) mass is 409 g/mol. The Balaban J connectivity index is 1.71. The second-order valence-corrected chi connectivity index (χ2v) is 8.51. The summed E-state index contributed by atoms with van der Waals surface area (Å²) in [6.07, 6.45) is 4.12. The molecule has 1 saturated heterocycles. The molecule has 30 heavy (non-hydrogen) atoms. The summed E-state index contributed by atoms with van der Waals surface area (Å²) >= 11 is 1.65. The van der Waals surface area contributed by atoms with Crippen molar-refractivity contribution >= 4 is 37.6 Å². The molecule has 1 fully saturated rings. The van der Waals surface area contributed by atoms with Crippen LogP contribution in [0.5, 0.6) is 0 Å². The van der Waals surface area contributed by atoms with E-state index in [9.17, 15) is 0 Å². The van der Waals surface area contributed by atoms with Crippen molar-refractivity contribution in [1.82, 2.24) is 20.2 Å². The highest BCUT2D eigenvalue weighted by Crippen LogP contribution is 2.44. The number of hydrogen-bond acceptors (Lipinski definition) is 6. The molecule has 146 valence electrons. The molecular weight excluding hydrogens is 390 g/mol. The molecule has 4 heterocycles. The van der Waals surface area contributed by atoms with Gasteiger partial charge in [0.15, 0.2) is 0 Å². The molecule has 0 radical (unpaired) electrons. The minimum atomic E-state index is 0.885. The number of thiophene rings is 1. The zero-order valence-electron chi connectivity index (χ0n) is 16.3. The van der Waals surface area contributed by atoms with Crippen LogP contribution >= 0.6 is 11.3 Å². The van der Waals surface area contributed by atoms with E-state index >= 15 is 0 Å². The third-order valence-electron chi connectivity index (χ3n) is 5.68. The summed E-state index contributed by atoms with van der Waals surface area (Å²) in [6, 6.07) is 20.7. The van der Waals surface area contributed by atoms with Gasteiger partial charge in [-0.05, 0) is 18.4 Å². The van der Waals surface area contributed by atoms with Crippen LogP contribution in [0.25, 0.3) is 42.8 Å². The smallest absolute Gasteiger partial charge is 0.150 e. The van der Waals surface area contributed by atoms with E-state index in [4.69, 9.17) is 4.98 Å². The van der Waals surface area contributed by atoms with E-state index in [1.54, 1.807) is 17.7 Å². The summed E-state index contributed by atoms with van der Waals surface area (Å²) in [4.78, 5) is 12.6. The lowest BCUT2D eigenvalue weighted by molar-refractivity contribution is 0.941. The van der Waals surface area contributed by atoms with Gasteiger partial charge in [0.2, 0.25) is 0 Å². The SMILES string of the molecule is c1ccc(-c2nnc3sc4c(N5CCCC5)ncnc4c3c2-c2ccccc2)cc1. The van der Waals surface area contributed by atoms with Gasteiger partial charge in [-0.1, -0.05) is 60.7 Å². The second-order valence-electron chi connectivity index (χ2n) is 7.51. The molecule has 1 aliphatic rings. The highest BCUT2D eigenvalue weighted by molar-refractivity contribution is 7.26. The van der Waals surface area contributed by atoms with Crippen molar-refractivity contribution in [3.8, 4) is 22.4 Å². The summed E-state index contributed by atoms with van der Waals surface area (Å²) in [5.74, 6) is 1.03. The average Bonchev–Trinajstić information content (AvgIpc) is 3.47. The van der Waals surface area contributed by atoms with E-state index in [1.165, 1.54) is 12.8 Å². The third kappa shape index (κ3) is 2.75. The molecule has 0 amide bonds. The van der Waals surface area contributed by atoms with E-state index in [0.29, 0.717) is 0 Å². The van der Waals surface area contributed by atoms with Crippen molar-refractivity contribution < 1.29 is 0 Å². The second kappa shape index (κ2) is 7.15. The van der Waals surface area contributed by atoms with Crippen LogP contribution in [0, 0.1) is 0 Å². The maximum absolute atomic E-state index is 4.73. The van der Waals surface area contributed by atoms with E-state index in [0.717, 1.165) is 61.7 Å². The van der Waals surface area contributed by atoms with Crippen molar-refractivity contribution in [2.75, 3.05) is 18.0 Å². The molecular formula is C24H19N5S. The van der Waals surface area contributed by atoms with Crippen molar-refractivity contribution in [2.24, 2.45) is 0 Å². The Labute approximate surface area is 178 Å². The molecule has 0 spiro atoms. The summed E-state index contributed by atoms with van der Waals surface area (Å²) in [5.41, 5.74) is 5.12. The molecule has 6 heteroatoms. The summed E-state index contributed by atoms with van der Waals surface area (Å²) < 4.78 is 1.10. The van der Waals surface area contributed by atoms with Gasteiger partial charge in [0.05, 0.1) is 10.2 Å². The largest absolute Gasteiger partial charge is 0.355 e. The predicted octanol–water partition coefficient (Wildman–Crippen LogP) is 5.57. The number of rotatable bonds is 3. The van der Waals surface area contributed by atoms with Gasteiger partial charge < -0.3 is 4.90 Å². The summed E-state index contributed by atoms with van der Waals surface area (Å²) in [7, 11) is 0. The fourth-order valence-electron chi connectivity index (χ4n) is 4.28. The molecule has 0 saturated carbocycles. The van der Waals surface area contributed by atoms with Crippen molar-refractivity contribution in [1.29, 1.82) is 0 Å². The van der Waals surface area contributed by atoms with Gasteiger partial charge >= 0.3 is 0 Å². The molecule has 5 aromatic rings. The standard InChI is InChI=1S/C24H19N5S/c1-3-9-16(10-4-1)18-19-21-22(23(26-15-25-21)29-13-7-8-14-29)30-24(19)28-27-20(18)17-11-5-2-6-12-17/h1-6,9-12,15H,7-8,13-14H2. The lowest BCUT2D eigenvalue weighted by Crippen LogP contribution is -2.18. The van der Waals surface area contributed by atoms with Crippen LogP contribution < -0.4 is 4.90 Å². The highest BCUT2D eigenvalue weighted by atomic mass is 32.1. The molecule has 0 unspecified atom stereocenters. The molecule has 1 aliphatic heterocycles. The molecule has 5 nitrogen and oxygen atoms in total. The minimum absolute atomic E-state index is 0.885. The lowest BCUT2D eigenvalue weighted by Gasteiger charge is -2.16. The lowest BCUT2D eigenvalue weighted by atomic mass is 9.97. The molecule has 3 aromatic heterocycles. The van der Waals surface area contributed by atoms with Gasteiger partial charge in [0.1, 0.15) is 22.7 Å². The Morgan fingerprint density at radius 2 is 1.47 bits per heavy atom. The third-order valence-corrected chi connectivity index (χ3v) is 6.74. The van der Waals surface area contributed by atoms with Gasteiger partial charge in [-0.2, -0.15) is 0 Å². The van der Waals surface area contributed by atoms with Crippen molar-refractivity contribution in [2.45, 2.75) is 12.8 Å². The van der Waals surface area contributed by atoms with E-state index in [1.807, 2.05) is 24.3 Å². The van der Waals surface area contributed by atoms with Crippen LogP contribution in [-0.4, -0.2) is 33.3 Å². The Hall–Kier alpha value is -3.38. The summed E-state index contributed by atoms with van der Waals surface area (Å²) in [6.45, 7) is 2.10. The van der Waals surface area contributed by atoms with Gasteiger partial charge in [-0.3, -0.25) is 0 Å². The number of fused-ring (bicyclic) bond motifs is 3. The molecule has 0 N–H and O–H groups in total. The topological polar surface area (TPSA) is 54.8 Å². The molecule has 2 aromatic carbocycles. The first-order valence-corrected chi connectivity index (χ1v) is 11.0. The van der Waals surface area contributed by atoms with E-state index in [-0.39, 0.29) is 0 Å². The number of benzene rings is 2. The first-order valence-electron chi connectivity index (χ1n) is 10.2. The first-order chi connectivity index (χ1) is 14.9. The quantitative estimate of drug-likeness (QED) is 0.390. The predicted molar refractivity (Wildman–Crippen MR) is 123 cm³/mol. The maximum Gasteiger partial charge on any atom is 0.150 e. The average molecular weight is 410 g/mol. The van der Waals surface area contributed by atoms with Crippen LogP contribution in [0.4, 0.5) is 5.82 Å². The Bertz CT molecular complexity index is 1340. The molecule has 0 atom stereocenters. The Kier molecular flexibility index (Phi) is 4.16. The fourth-order valence-corrected chi connectivity index (χ4v) is 5.38. The van der Waals surface area contributed by atoms with Crippen LogP contribution in [0.1, 0.15) is 12.8 Å². The highest BCUT2D eigenvalue weighted by Gasteiger charge is 2.23. The molecule has 0 bridgehead atoms. The zero-order chi connectivity index (χ0) is 19.9. The number of anilines is 1. The van der Waals surface area contributed by atoms with Gasteiger partial charge in [-0.15, -0.1) is 21.5 Å². The van der Waals surface area contributed by atoms with Gasteiger partial charge in [-0.25, -0.2) is 9.97 Å². The van der Waals surface area contributed by atoms with Crippen LogP contribution in [0.3, 0.4) is 0 Å². The van der Waals surface area contributed by atoms with Crippen LogP contribution in [-0.2, 0) is 0 Å². The van der Waals surface area contributed by atoms with E-state index < -0.39 is 0 Å². The number of nitrogens with zero attached hydrogens (tertiary/aromatic N) is 5. The minimum Gasteiger partial charge on any atom is -0.355 e. The Morgan fingerprint density at radius 1 is 0.767 bits per heavy atom. The van der Waals surface area contributed by atoms with Gasteiger partial charge in [0, 0.05) is 29.6 Å². The maximum atomic E-state index is 4.73. The molecule has 0 aliphatic carbocycles. The van der Waals surface area contributed by atoms with Crippen molar-refractivity contribution in [3.63, 3.8) is 0 Å². The van der Waals surface area contributed by atoms with Crippen molar-refractivity contribution in [3.05, 3.63) is 67.0 Å². The normalized spacial score (nSPS) is 14.1. The van der Waals surface area contributed by atoms with Gasteiger partial charge in [0.25, 0.3) is 0 Å². The zero-order valence-corrected chi connectivity index (χ0v) is 17.1. The molecule has 6 rings (SSSR count). The number of hydrogen-bond donors (Lipinski definition) is 0. The van der Waals surface area contributed by atoms with Crippen LogP contribution in [0.2, 0.25) is 0 Å². The first kappa shape index (κ1) is 17.5. The number of aromatic nitrogens is 4.